The van der Waals surface area contributed by atoms with Gasteiger partial charge in [-0.25, -0.2) is 4.79 Å². The standard InChI is InChI=1S/C23H23ClN2O11/c24-15-16(27)14(17(28)19(30)18(15)29)20(31)23(36,37)25-9-22(34,35)26-13-6-2-4-11(8-13)10-3-1-5-12(7-10)21(32)33/h1-8,20,25-31,34-37H,9H2,(H,32,33). The third-order valence-corrected chi connectivity index (χ3v) is 5.63. The molecule has 0 saturated carbocycles. The molecule has 0 heterocycles. The van der Waals surface area contributed by atoms with Gasteiger partial charge in [0.25, 0.3) is 11.8 Å². The van der Waals surface area contributed by atoms with Crippen LogP contribution in [-0.2, 0) is 0 Å². The van der Waals surface area contributed by atoms with Crippen molar-refractivity contribution in [1.29, 1.82) is 0 Å². The van der Waals surface area contributed by atoms with E-state index in [1.165, 1.54) is 36.4 Å². The summed E-state index contributed by atoms with van der Waals surface area (Å²) in [6, 6.07) is 12.1. The highest BCUT2D eigenvalue weighted by Gasteiger charge is 2.42. The highest BCUT2D eigenvalue weighted by Crippen LogP contribution is 2.52. The van der Waals surface area contributed by atoms with Crippen LogP contribution in [0.25, 0.3) is 11.1 Å². The van der Waals surface area contributed by atoms with Crippen LogP contribution in [0, 0.1) is 0 Å². The van der Waals surface area contributed by atoms with Crippen molar-refractivity contribution in [3.8, 4) is 34.1 Å². The van der Waals surface area contributed by atoms with Crippen LogP contribution in [0.2, 0.25) is 5.02 Å². The first kappa shape index (κ1) is 27.8. The molecule has 198 valence electrons. The Bertz CT molecular complexity index is 1300. The van der Waals surface area contributed by atoms with E-state index in [0.717, 1.165) is 0 Å². The zero-order chi connectivity index (χ0) is 27.7. The smallest absolute Gasteiger partial charge is 0.335 e. The number of nitrogens with one attached hydrogen (secondary N) is 2. The number of rotatable bonds is 9. The number of aromatic hydroxyl groups is 4. The largest absolute Gasteiger partial charge is 0.506 e. The Morgan fingerprint density at radius 3 is 2.08 bits per heavy atom. The third-order valence-electron chi connectivity index (χ3n) is 5.27. The highest BCUT2D eigenvalue weighted by molar-refractivity contribution is 6.34. The lowest BCUT2D eigenvalue weighted by Gasteiger charge is -2.33. The lowest BCUT2D eigenvalue weighted by atomic mass is 10.0. The number of aromatic carboxylic acids is 1. The number of carbonyl (C=O) groups is 1. The summed E-state index contributed by atoms with van der Waals surface area (Å²) in [4.78, 5) is 11.2. The Balaban J connectivity index is 1.77. The van der Waals surface area contributed by atoms with E-state index in [2.05, 4.69) is 5.32 Å². The predicted molar refractivity (Wildman–Crippen MR) is 128 cm³/mol. The monoisotopic (exact) mass is 538 g/mol. The number of phenols is 4. The molecule has 3 aromatic carbocycles. The summed E-state index contributed by atoms with van der Waals surface area (Å²) >= 11 is 5.59. The number of halogens is 1. The van der Waals surface area contributed by atoms with Crippen molar-refractivity contribution in [2.24, 2.45) is 0 Å². The first-order chi connectivity index (χ1) is 17.1. The fourth-order valence-electron chi connectivity index (χ4n) is 3.38. The van der Waals surface area contributed by atoms with E-state index in [1.807, 2.05) is 5.32 Å². The summed E-state index contributed by atoms with van der Waals surface area (Å²) in [7, 11) is 0. The summed E-state index contributed by atoms with van der Waals surface area (Å²) in [6.07, 6.45) is -2.63. The Labute approximate surface area is 213 Å². The minimum absolute atomic E-state index is 0.0415. The first-order valence-electron chi connectivity index (χ1n) is 10.3. The number of anilines is 1. The number of phenolic OH excluding ortho intramolecular Hbond substituents is 4. The van der Waals surface area contributed by atoms with Gasteiger partial charge >= 0.3 is 5.97 Å². The maximum atomic E-state index is 11.2. The molecule has 0 aliphatic rings. The van der Waals surface area contributed by atoms with Crippen molar-refractivity contribution in [2.75, 3.05) is 11.9 Å². The molecule has 3 aromatic rings. The molecule has 13 nitrogen and oxygen atoms in total. The Hall–Kier alpha value is -3.82. The molecular formula is C23H23ClN2O11. The van der Waals surface area contributed by atoms with Crippen LogP contribution in [0.4, 0.5) is 5.69 Å². The van der Waals surface area contributed by atoms with Crippen molar-refractivity contribution >= 4 is 23.3 Å². The summed E-state index contributed by atoms with van der Waals surface area (Å²) < 4.78 is 0. The zero-order valence-corrected chi connectivity index (χ0v) is 19.4. The van der Waals surface area contributed by atoms with E-state index in [1.54, 1.807) is 12.1 Å². The van der Waals surface area contributed by atoms with Crippen LogP contribution in [-0.4, -0.2) is 75.4 Å². The van der Waals surface area contributed by atoms with E-state index >= 15 is 0 Å². The summed E-state index contributed by atoms with van der Waals surface area (Å²) in [5.74, 6) is -12.3. The SMILES string of the molecule is O=C(O)c1cccc(-c2cccc(NC(O)(O)CNC(O)(O)C(O)c3c(O)c(O)c(O)c(Cl)c3O)c2)c1. The summed E-state index contributed by atoms with van der Waals surface area (Å²) in [5.41, 5.74) is 0.119. The van der Waals surface area contributed by atoms with Gasteiger partial charge in [-0.2, -0.15) is 0 Å². The molecule has 0 amide bonds. The van der Waals surface area contributed by atoms with E-state index in [9.17, 15) is 50.8 Å². The Kier molecular flexibility index (Phi) is 7.71. The van der Waals surface area contributed by atoms with Crippen molar-refractivity contribution < 1.29 is 55.9 Å². The molecule has 0 aliphatic heterocycles. The third kappa shape index (κ3) is 5.95. The Morgan fingerprint density at radius 2 is 1.46 bits per heavy atom. The molecule has 12 N–H and O–H groups in total. The zero-order valence-electron chi connectivity index (χ0n) is 18.7. The quantitative estimate of drug-likeness (QED) is 0.101. The Morgan fingerprint density at radius 1 is 0.865 bits per heavy atom. The lowest BCUT2D eigenvalue weighted by molar-refractivity contribution is -0.261. The predicted octanol–water partition coefficient (Wildman–Crippen LogP) is 0.539. The number of hydrogen-bond acceptors (Lipinski definition) is 12. The molecule has 0 fully saturated rings. The van der Waals surface area contributed by atoms with E-state index in [0.29, 0.717) is 11.1 Å². The molecule has 0 spiro atoms. The molecular weight excluding hydrogens is 516 g/mol. The van der Waals surface area contributed by atoms with Gasteiger partial charge in [-0.1, -0.05) is 35.9 Å². The van der Waals surface area contributed by atoms with Gasteiger partial charge in [-0.3, -0.25) is 5.32 Å². The number of aliphatic hydroxyl groups is 5. The van der Waals surface area contributed by atoms with Gasteiger partial charge in [-0.05, 0) is 35.4 Å². The molecule has 0 aromatic heterocycles. The van der Waals surface area contributed by atoms with Crippen LogP contribution in [0.3, 0.4) is 0 Å². The second kappa shape index (κ2) is 10.3. The van der Waals surface area contributed by atoms with Gasteiger partial charge in [0.2, 0.25) is 5.75 Å². The second-order valence-corrected chi connectivity index (χ2v) is 8.39. The van der Waals surface area contributed by atoms with Crippen LogP contribution in [0.1, 0.15) is 22.0 Å². The molecule has 3 rings (SSSR count). The van der Waals surface area contributed by atoms with Gasteiger partial charge in [0, 0.05) is 5.69 Å². The normalized spacial score (nSPS) is 12.8. The molecule has 0 aliphatic carbocycles. The van der Waals surface area contributed by atoms with Crippen molar-refractivity contribution in [1.82, 2.24) is 5.32 Å². The maximum absolute atomic E-state index is 11.2. The van der Waals surface area contributed by atoms with Crippen LogP contribution in [0.5, 0.6) is 23.0 Å². The maximum Gasteiger partial charge on any atom is 0.335 e. The number of hydrogen-bond donors (Lipinski definition) is 12. The molecule has 1 atom stereocenters. The second-order valence-electron chi connectivity index (χ2n) is 8.01. The topological polar surface area (TPSA) is 243 Å². The van der Waals surface area contributed by atoms with Gasteiger partial charge in [-0.15, -0.1) is 0 Å². The van der Waals surface area contributed by atoms with E-state index < -0.39 is 64.0 Å². The first-order valence-corrected chi connectivity index (χ1v) is 10.7. The summed E-state index contributed by atoms with van der Waals surface area (Å²) in [5, 5.41) is 103. The number of benzene rings is 3. The number of carboxylic acids is 1. The fraction of sp³-hybridized carbons (Fsp3) is 0.174. The summed E-state index contributed by atoms with van der Waals surface area (Å²) in [6.45, 7) is -1.07. The van der Waals surface area contributed by atoms with Gasteiger partial charge in [0.05, 0.1) is 17.7 Å². The van der Waals surface area contributed by atoms with Crippen molar-refractivity contribution in [2.45, 2.75) is 17.9 Å². The van der Waals surface area contributed by atoms with E-state index in [4.69, 9.17) is 16.7 Å². The highest BCUT2D eigenvalue weighted by atomic mass is 35.5. The average Bonchev–Trinajstić information content (AvgIpc) is 2.85. The van der Waals surface area contributed by atoms with Gasteiger partial charge < -0.3 is 56.4 Å². The van der Waals surface area contributed by atoms with Crippen LogP contribution in [0.15, 0.2) is 48.5 Å². The number of carboxylic acid groups (broad SMARTS) is 1. The fourth-order valence-corrected chi connectivity index (χ4v) is 3.57. The number of aliphatic hydroxyl groups excluding tert-OH is 1. The average molecular weight is 539 g/mol. The lowest BCUT2D eigenvalue weighted by Crippen LogP contribution is -2.57. The van der Waals surface area contributed by atoms with Crippen molar-refractivity contribution in [3.63, 3.8) is 0 Å². The minimum atomic E-state index is -3.45. The van der Waals surface area contributed by atoms with Gasteiger partial charge in [0.1, 0.15) is 10.8 Å². The minimum Gasteiger partial charge on any atom is -0.506 e. The molecule has 1 unspecified atom stereocenters. The molecule has 14 heteroatoms. The van der Waals surface area contributed by atoms with Crippen molar-refractivity contribution in [3.05, 3.63) is 64.7 Å². The van der Waals surface area contributed by atoms with Crippen LogP contribution >= 0.6 is 11.6 Å². The molecule has 0 saturated heterocycles. The van der Waals surface area contributed by atoms with Crippen LogP contribution < -0.4 is 10.6 Å². The van der Waals surface area contributed by atoms with E-state index in [-0.39, 0.29) is 11.3 Å². The van der Waals surface area contributed by atoms with Gasteiger partial charge in [0.15, 0.2) is 17.6 Å². The molecule has 0 radical (unpaired) electrons. The molecule has 0 bridgehead atoms. The molecule has 37 heavy (non-hydrogen) atoms.